The molecule has 108 valence electrons. The number of piperidine rings is 2. The number of carbonyl (C=O) groups is 2. The Labute approximate surface area is 114 Å². The lowest BCUT2D eigenvalue weighted by atomic mass is 9.87. The highest BCUT2D eigenvalue weighted by atomic mass is 16.4. The molecular formula is C14H24N2O3. The summed E-state index contributed by atoms with van der Waals surface area (Å²) < 4.78 is 0. The van der Waals surface area contributed by atoms with Crippen LogP contribution in [-0.2, 0) is 9.59 Å². The summed E-state index contributed by atoms with van der Waals surface area (Å²) in [5, 5.41) is 12.2. The number of carboxylic acid groups (broad SMARTS) is 1. The first-order chi connectivity index (χ1) is 9.01. The summed E-state index contributed by atoms with van der Waals surface area (Å²) in [6.45, 7) is 4.25. The van der Waals surface area contributed by atoms with Crippen LogP contribution in [0.1, 0.15) is 45.4 Å². The predicted molar refractivity (Wildman–Crippen MR) is 71.8 cm³/mol. The molecule has 19 heavy (non-hydrogen) atoms. The lowest BCUT2D eigenvalue weighted by Crippen LogP contribution is -2.59. The molecule has 2 fully saturated rings. The summed E-state index contributed by atoms with van der Waals surface area (Å²) in [5.74, 6) is -0.494. The van der Waals surface area contributed by atoms with Crippen LogP contribution >= 0.6 is 0 Å². The molecule has 2 heterocycles. The van der Waals surface area contributed by atoms with Crippen molar-refractivity contribution in [2.75, 3.05) is 19.6 Å². The standard InChI is InChI=1S/C14H24N2O3/c1-14(6-2-3-7-15-14)13(19)16-8-4-5-11(10-16)9-12(17)18/h11,15H,2-10H2,1H3,(H,17,18). The van der Waals surface area contributed by atoms with Crippen LogP contribution in [0.25, 0.3) is 0 Å². The normalized spacial score (nSPS) is 32.1. The average Bonchev–Trinajstić information content (AvgIpc) is 2.38. The van der Waals surface area contributed by atoms with Gasteiger partial charge in [-0.15, -0.1) is 0 Å². The molecule has 2 aliphatic heterocycles. The molecule has 0 aromatic heterocycles. The van der Waals surface area contributed by atoms with Gasteiger partial charge in [0.2, 0.25) is 5.91 Å². The van der Waals surface area contributed by atoms with E-state index in [1.807, 2.05) is 11.8 Å². The molecule has 0 spiro atoms. The van der Waals surface area contributed by atoms with Gasteiger partial charge in [-0.3, -0.25) is 9.59 Å². The number of carboxylic acids is 1. The zero-order valence-electron chi connectivity index (χ0n) is 11.7. The van der Waals surface area contributed by atoms with E-state index >= 15 is 0 Å². The quantitative estimate of drug-likeness (QED) is 0.808. The topological polar surface area (TPSA) is 69.6 Å². The fourth-order valence-corrected chi connectivity index (χ4v) is 3.25. The molecule has 2 unspecified atom stereocenters. The van der Waals surface area contributed by atoms with Gasteiger partial charge in [-0.05, 0) is 51.5 Å². The molecule has 2 atom stereocenters. The Morgan fingerprint density at radius 1 is 1.37 bits per heavy atom. The van der Waals surface area contributed by atoms with E-state index in [4.69, 9.17) is 5.11 Å². The second kappa shape index (κ2) is 5.90. The van der Waals surface area contributed by atoms with Gasteiger partial charge in [0.15, 0.2) is 0 Å². The lowest BCUT2D eigenvalue weighted by molar-refractivity contribution is -0.143. The minimum atomic E-state index is -0.763. The van der Waals surface area contributed by atoms with Crippen LogP contribution in [0.15, 0.2) is 0 Å². The highest BCUT2D eigenvalue weighted by Crippen LogP contribution is 2.26. The maximum atomic E-state index is 12.6. The van der Waals surface area contributed by atoms with E-state index in [-0.39, 0.29) is 18.2 Å². The van der Waals surface area contributed by atoms with Crippen LogP contribution < -0.4 is 5.32 Å². The number of carbonyl (C=O) groups excluding carboxylic acids is 1. The van der Waals surface area contributed by atoms with Crippen molar-refractivity contribution in [2.24, 2.45) is 5.92 Å². The Bertz CT molecular complexity index is 351. The largest absolute Gasteiger partial charge is 0.481 e. The number of amides is 1. The summed E-state index contributed by atoms with van der Waals surface area (Å²) in [6.07, 6.45) is 5.10. The maximum Gasteiger partial charge on any atom is 0.303 e. The van der Waals surface area contributed by atoms with Crippen LogP contribution in [-0.4, -0.2) is 47.1 Å². The summed E-state index contributed by atoms with van der Waals surface area (Å²) >= 11 is 0. The molecule has 0 aliphatic carbocycles. The first-order valence-electron chi connectivity index (χ1n) is 7.27. The van der Waals surface area contributed by atoms with Crippen LogP contribution in [0, 0.1) is 5.92 Å². The second-order valence-corrected chi connectivity index (χ2v) is 6.07. The Morgan fingerprint density at radius 3 is 2.79 bits per heavy atom. The summed E-state index contributed by atoms with van der Waals surface area (Å²) in [7, 11) is 0. The molecule has 0 radical (unpaired) electrons. The van der Waals surface area contributed by atoms with Crippen LogP contribution in [0.3, 0.4) is 0 Å². The van der Waals surface area contributed by atoms with E-state index in [2.05, 4.69) is 5.32 Å². The molecule has 5 nitrogen and oxygen atoms in total. The number of nitrogens with zero attached hydrogens (tertiary/aromatic N) is 1. The second-order valence-electron chi connectivity index (χ2n) is 6.07. The third kappa shape index (κ3) is 3.47. The summed E-state index contributed by atoms with van der Waals surface area (Å²) in [6, 6.07) is 0. The van der Waals surface area contributed by atoms with E-state index in [1.165, 1.54) is 0 Å². The summed E-state index contributed by atoms with van der Waals surface area (Å²) in [5.41, 5.74) is -0.441. The zero-order valence-corrected chi connectivity index (χ0v) is 11.7. The number of rotatable bonds is 3. The van der Waals surface area contributed by atoms with Gasteiger partial charge in [0, 0.05) is 19.5 Å². The molecule has 0 aromatic rings. The van der Waals surface area contributed by atoms with E-state index in [1.54, 1.807) is 0 Å². The van der Waals surface area contributed by atoms with Gasteiger partial charge in [-0.2, -0.15) is 0 Å². The molecule has 2 rings (SSSR count). The average molecular weight is 268 g/mol. The van der Waals surface area contributed by atoms with E-state index in [0.29, 0.717) is 6.54 Å². The fourth-order valence-electron chi connectivity index (χ4n) is 3.25. The molecule has 0 saturated carbocycles. The van der Waals surface area contributed by atoms with Gasteiger partial charge in [0.25, 0.3) is 0 Å². The first kappa shape index (κ1) is 14.3. The van der Waals surface area contributed by atoms with Crippen molar-refractivity contribution in [3.63, 3.8) is 0 Å². The Hall–Kier alpha value is -1.10. The van der Waals surface area contributed by atoms with Gasteiger partial charge in [-0.25, -0.2) is 0 Å². The number of nitrogens with one attached hydrogen (secondary N) is 1. The molecule has 2 aliphatic rings. The van der Waals surface area contributed by atoms with E-state index in [9.17, 15) is 9.59 Å². The van der Waals surface area contributed by atoms with Gasteiger partial charge >= 0.3 is 5.97 Å². The third-order valence-electron chi connectivity index (χ3n) is 4.36. The fraction of sp³-hybridized carbons (Fsp3) is 0.857. The molecular weight excluding hydrogens is 244 g/mol. The van der Waals surface area contributed by atoms with Crippen LogP contribution in [0.2, 0.25) is 0 Å². The minimum Gasteiger partial charge on any atom is -0.481 e. The van der Waals surface area contributed by atoms with E-state index < -0.39 is 11.5 Å². The highest BCUT2D eigenvalue weighted by molar-refractivity contribution is 5.86. The molecule has 0 bridgehead atoms. The zero-order chi connectivity index (χ0) is 13.9. The number of likely N-dealkylation sites (tertiary alicyclic amines) is 1. The van der Waals surface area contributed by atoms with Crippen molar-refractivity contribution in [2.45, 2.75) is 51.0 Å². The first-order valence-corrected chi connectivity index (χ1v) is 7.27. The maximum absolute atomic E-state index is 12.6. The van der Waals surface area contributed by atoms with Crippen molar-refractivity contribution in [1.29, 1.82) is 0 Å². The number of aliphatic carboxylic acids is 1. The van der Waals surface area contributed by atoms with Crippen molar-refractivity contribution < 1.29 is 14.7 Å². The molecule has 0 aromatic carbocycles. The lowest BCUT2D eigenvalue weighted by Gasteiger charge is -2.41. The van der Waals surface area contributed by atoms with Crippen LogP contribution in [0.4, 0.5) is 0 Å². The molecule has 5 heteroatoms. The number of hydrogen-bond acceptors (Lipinski definition) is 3. The van der Waals surface area contributed by atoms with Crippen LogP contribution in [0.5, 0.6) is 0 Å². The Balaban J connectivity index is 1.96. The van der Waals surface area contributed by atoms with Gasteiger partial charge in [-0.1, -0.05) is 0 Å². The predicted octanol–water partition coefficient (Wildman–Crippen LogP) is 1.23. The monoisotopic (exact) mass is 268 g/mol. The van der Waals surface area contributed by atoms with Gasteiger partial charge in [0.05, 0.1) is 5.54 Å². The Kier molecular flexibility index (Phi) is 4.45. The molecule has 2 saturated heterocycles. The molecule has 1 amide bonds. The van der Waals surface area contributed by atoms with Crippen molar-refractivity contribution in [1.82, 2.24) is 10.2 Å². The van der Waals surface area contributed by atoms with Crippen molar-refractivity contribution in [3.05, 3.63) is 0 Å². The van der Waals surface area contributed by atoms with Crippen molar-refractivity contribution in [3.8, 4) is 0 Å². The number of hydrogen-bond donors (Lipinski definition) is 2. The van der Waals surface area contributed by atoms with Crippen molar-refractivity contribution >= 4 is 11.9 Å². The van der Waals surface area contributed by atoms with Gasteiger partial charge < -0.3 is 15.3 Å². The smallest absolute Gasteiger partial charge is 0.303 e. The Morgan fingerprint density at radius 2 is 2.16 bits per heavy atom. The summed E-state index contributed by atoms with van der Waals surface area (Å²) in [4.78, 5) is 25.3. The third-order valence-corrected chi connectivity index (χ3v) is 4.36. The highest BCUT2D eigenvalue weighted by Gasteiger charge is 2.39. The van der Waals surface area contributed by atoms with E-state index in [0.717, 1.165) is 45.2 Å². The minimum absolute atomic E-state index is 0.113. The van der Waals surface area contributed by atoms with Gasteiger partial charge in [0.1, 0.15) is 0 Å². The SMILES string of the molecule is CC1(C(=O)N2CCCC(CC(=O)O)C2)CCCCN1. The molecule has 2 N–H and O–H groups in total.